The molecule has 0 radical (unpaired) electrons. The van der Waals surface area contributed by atoms with Crippen LogP contribution in [0.3, 0.4) is 0 Å². The third kappa shape index (κ3) is 3.99. The van der Waals surface area contributed by atoms with Gasteiger partial charge in [0.25, 0.3) is 0 Å². The van der Waals surface area contributed by atoms with Gasteiger partial charge in [-0.2, -0.15) is 10.2 Å². The number of hydrogen-bond acceptors (Lipinski definition) is 6. The largest absolute Gasteiger partial charge is 0.396 e. The number of nitrogens with zero attached hydrogens (tertiary/aromatic N) is 6. The van der Waals surface area contributed by atoms with E-state index in [1.807, 2.05) is 61.0 Å². The minimum Gasteiger partial charge on any atom is -0.396 e. The summed E-state index contributed by atoms with van der Waals surface area (Å²) in [6.07, 6.45) is 12.3. The van der Waals surface area contributed by atoms with Crippen LogP contribution < -0.4 is 5.32 Å². The Kier molecular flexibility index (Phi) is 5.31. The van der Waals surface area contributed by atoms with E-state index in [-0.39, 0.29) is 18.6 Å². The first-order valence-corrected chi connectivity index (χ1v) is 10.5. The SMILES string of the molecule is Cn1cc(-c2cccc(-c3ncc(-c4cnn(C5CCNCC5CO)c4)cn3)c2)cn1. The molecule has 5 rings (SSSR count). The van der Waals surface area contributed by atoms with Gasteiger partial charge in [0.2, 0.25) is 0 Å². The van der Waals surface area contributed by atoms with Crippen molar-refractivity contribution in [1.82, 2.24) is 34.8 Å². The fraction of sp³-hybridized carbons (Fsp3) is 0.304. The first-order chi connectivity index (χ1) is 15.2. The summed E-state index contributed by atoms with van der Waals surface area (Å²) in [6, 6.07) is 8.37. The van der Waals surface area contributed by atoms with Crippen molar-refractivity contribution in [3.05, 3.63) is 61.4 Å². The highest BCUT2D eigenvalue weighted by Crippen LogP contribution is 2.28. The zero-order valence-electron chi connectivity index (χ0n) is 17.4. The molecule has 0 bridgehead atoms. The summed E-state index contributed by atoms with van der Waals surface area (Å²) in [5.41, 5.74) is 5.01. The lowest BCUT2D eigenvalue weighted by Crippen LogP contribution is -2.39. The molecular weight excluding hydrogens is 390 g/mol. The number of benzene rings is 1. The Balaban J connectivity index is 1.37. The third-order valence-corrected chi connectivity index (χ3v) is 5.89. The molecule has 8 heteroatoms. The summed E-state index contributed by atoms with van der Waals surface area (Å²) in [7, 11) is 1.91. The van der Waals surface area contributed by atoms with Crippen LogP contribution in [0.1, 0.15) is 12.5 Å². The van der Waals surface area contributed by atoms with E-state index in [1.165, 1.54) is 0 Å². The molecule has 158 valence electrons. The van der Waals surface area contributed by atoms with Crippen molar-refractivity contribution < 1.29 is 5.11 Å². The van der Waals surface area contributed by atoms with Gasteiger partial charge in [0.1, 0.15) is 0 Å². The molecule has 3 aromatic heterocycles. The highest BCUT2D eigenvalue weighted by Gasteiger charge is 2.26. The summed E-state index contributed by atoms with van der Waals surface area (Å²) in [5, 5.41) is 21.8. The Hall–Kier alpha value is -3.36. The molecule has 1 aliphatic heterocycles. The summed E-state index contributed by atoms with van der Waals surface area (Å²) < 4.78 is 3.77. The molecule has 1 saturated heterocycles. The number of piperidine rings is 1. The lowest BCUT2D eigenvalue weighted by Gasteiger charge is -2.30. The highest BCUT2D eigenvalue weighted by molar-refractivity contribution is 5.70. The van der Waals surface area contributed by atoms with E-state index in [9.17, 15) is 5.11 Å². The van der Waals surface area contributed by atoms with Gasteiger partial charge in [0.15, 0.2) is 5.82 Å². The van der Waals surface area contributed by atoms with Crippen molar-refractivity contribution in [1.29, 1.82) is 0 Å². The molecule has 1 aliphatic rings. The van der Waals surface area contributed by atoms with E-state index in [4.69, 9.17) is 0 Å². The quantitative estimate of drug-likeness (QED) is 0.520. The topological polar surface area (TPSA) is 93.7 Å². The zero-order chi connectivity index (χ0) is 21.2. The van der Waals surface area contributed by atoms with Crippen LogP contribution in [0.4, 0.5) is 0 Å². The zero-order valence-corrected chi connectivity index (χ0v) is 17.4. The van der Waals surface area contributed by atoms with Crippen LogP contribution in [0.2, 0.25) is 0 Å². The number of nitrogens with one attached hydrogen (secondary N) is 1. The van der Waals surface area contributed by atoms with Crippen molar-refractivity contribution in [3.8, 4) is 33.6 Å². The first-order valence-electron chi connectivity index (χ1n) is 10.5. The molecule has 8 nitrogen and oxygen atoms in total. The van der Waals surface area contributed by atoms with Crippen LogP contribution in [0.25, 0.3) is 33.6 Å². The molecule has 4 aromatic rings. The second-order valence-corrected chi connectivity index (χ2v) is 7.99. The van der Waals surface area contributed by atoms with Gasteiger partial charge in [-0.25, -0.2) is 9.97 Å². The molecule has 1 fully saturated rings. The predicted molar refractivity (Wildman–Crippen MR) is 118 cm³/mol. The third-order valence-electron chi connectivity index (χ3n) is 5.89. The Labute approximate surface area is 180 Å². The van der Waals surface area contributed by atoms with Crippen molar-refractivity contribution in [2.75, 3.05) is 19.7 Å². The fourth-order valence-electron chi connectivity index (χ4n) is 4.15. The molecule has 4 heterocycles. The minimum atomic E-state index is 0.156. The maximum Gasteiger partial charge on any atom is 0.159 e. The lowest BCUT2D eigenvalue weighted by atomic mass is 9.94. The summed E-state index contributed by atoms with van der Waals surface area (Å²) in [6.45, 7) is 1.90. The average molecular weight is 416 g/mol. The number of aryl methyl sites for hydroxylation is 1. The maximum absolute atomic E-state index is 9.67. The van der Waals surface area contributed by atoms with E-state index < -0.39 is 0 Å². The van der Waals surface area contributed by atoms with Crippen LogP contribution in [0.5, 0.6) is 0 Å². The van der Waals surface area contributed by atoms with Gasteiger partial charge in [-0.1, -0.05) is 18.2 Å². The normalized spacial score (nSPS) is 18.9. The lowest BCUT2D eigenvalue weighted by molar-refractivity contribution is 0.142. The van der Waals surface area contributed by atoms with Gasteiger partial charge in [-0.05, 0) is 24.6 Å². The van der Waals surface area contributed by atoms with Crippen molar-refractivity contribution in [2.45, 2.75) is 12.5 Å². The standard InChI is InChI=1S/C23H25N7O/c1-29-13-19(11-27-29)16-3-2-4-17(7-16)23-25-9-18(10-26-23)20-12-28-30(14-20)22-5-6-24-8-21(22)15-31/h2-4,7,9-14,21-22,24,31H,5-6,8,15H2,1H3. The molecule has 0 spiro atoms. The number of rotatable bonds is 5. The number of aromatic nitrogens is 6. The van der Waals surface area contributed by atoms with Gasteiger partial charge in [0, 0.05) is 73.2 Å². The van der Waals surface area contributed by atoms with Gasteiger partial charge in [-0.15, -0.1) is 0 Å². The van der Waals surface area contributed by atoms with E-state index in [0.717, 1.165) is 47.3 Å². The molecule has 2 N–H and O–H groups in total. The second-order valence-electron chi connectivity index (χ2n) is 7.99. The smallest absolute Gasteiger partial charge is 0.159 e. The highest BCUT2D eigenvalue weighted by atomic mass is 16.3. The molecule has 0 saturated carbocycles. The maximum atomic E-state index is 9.67. The molecular formula is C23H25N7O. The van der Waals surface area contributed by atoms with Crippen LogP contribution in [-0.2, 0) is 7.05 Å². The monoisotopic (exact) mass is 415 g/mol. The molecule has 31 heavy (non-hydrogen) atoms. The van der Waals surface area contributed by atoms with Crippen LogP contribution >= 0.6 is 0 Å². The van der Waals surface area contributed by atoms with Crippen LogP contribution in [0, 0.1) is 5.92 Å². The Bertz CT molecular complexity index is 1160. The molecule has 2 atom stereocenters. The minimum absolute atomic E-state index is 0.156. The Morgan fingerprint density at radius 1 is 0.968 bits per heavy atom. The van der Waals surface area contributed by atoms with Gasteiger partial charge < -0.3 is 10.4 Å². The number of aliphatic hydroxyl groups excluding tert-OH is 1. The van der Waals surface area contributed by atoms with E-state index in [0.29, 0.717) is 5.82 Å². The van der Waals surface area contributed by atoms with Gasteiger partial charge in [-0.3, -0.25) is 9.36 Å². The van der Waals surface area contributed by atoms with Crippen LogP contribution in [-0.4, -0.2) is 54.3 Å². The summed E-state index contributed by atoms with van der Waals surface area (Å²) >= 11 is 0. The number of hydrogen-bond donors (Lipinski definition) is 2. The van der Waals surface area contributed by atoms with Gasteiger partial charge in [0.05, 0.1) is 18.4 Å². The van der Waals surface area contributed by atoms with Crippen molar-refractivity contribution >= 4 is 0 Å². The van der Waals surface area contributed by atoms with Crippen molar-refractivity contribution in [2.24, 2.45) is 13.0 Å². The Morgan fingerprint density at radius 2 is 1.74 bits per heavy atom. The van der Waals surface area contributed by atoms with Crippen LogP contribution in [0.15, 0.2) is 61.4 Å². The average Bonchev–Trinajstić information content (AvgIpc) is 3.49. The molecule has 1 aromatic carbocycles. The van der Waals surface area contributed by atoms with E-state index in [1.54, 1.807) is 4.68 Å². The second kappa shape index (κ2) is 8.41. The fourth-order valence-corrected chi connectivity index (χ4v) is 4.15. The predicted octanol–water partition coefficient (Wildman–Crippen LogP) is 2.55. The van der Waals surface area contributed by atoms with E-state index >= 15 is 0 Å². The summed E-state index contributed by atoms with van der Waals surface area (Å²) in [4.78, 5) is 9.20. The first kappa shape index (κ1) is 19.6. The van der Waals surface area contributed by atoms with Gasteiger partial charge >= 0.3 is 0 Å². The molecule has 0 amide bonds. The Morgan fingerprint density at radius 3 is 2.52 bits per heavy atom. The summed E-state index contributed by atoms with van der Waals surface area (Å²) in [5.74, 6) is 0.854. The van der Waals surface area contributed by atoms with Crippen molar-refractivity contribution in [3.63, 3.8) is 0 Å². The number of aliphatic hydroxyl groups is 1. The molecule has 0 aliphatic carbocycles. The van der Waals surface area contributed by atoms with E-state index in [2.05, 4.69) is 37.6 Å². The molecule has 2 unspecified atom stereocenters.